The monoisotopic (exact) mass is 416 g/mol. The van der Waals surface area contributed by atoms with Gasteiger partial charge in [-0.25, -0.2) is 17.1 Å². The molecule has 9 heteroatoms. The Bertz CT molecular complexity index is 1260. The van der Waals surface area contributed by atoms with Crippen LogP contribution in [0.1, 0.15) is 22.8 Å². The average molecular weight is 416 g/mol. The third kappa shape index (κ3) is 3.27. The summed E-state index contributed by atoms with van der Waals surface area (Å²) in [5, 5.41) is 0.399. The van der Waals surface area contributed by atoms with Gasteiger partial charge in [-0.1, -0.05) is 6.58 Å². The molecule has 0 amide bonds. The normalized spacial score (nSPS) is 14.4. The Morgan fingerprint density at radius 3 is 2.59 bits per heavy atom. The van der Waals surface area contributed by atoms with Gasteiger partial charge < -0.3 is 9.15 Å². The Hall–Kier alpha value is -3.20. The first-order chi connectivity index (χ1) is 13.7. The maximum Gasteiger partial charge on any atom is 0.233 e. The van der Waals surface area contributed by atoms with E-state index >= 15 is 0 Å². The summed E-state index contributed by atoms with van der Waals surface area (Å²) in [5.74, 6) is -0.0875. The first kappa shape index (κ1) is 19.1. The summed E-state index contributed by atoms with van der Waals surface area (Å²) in [7, 11) is -3.63. The molecule has 1 aromatic carbocycles. The average Bonchev–Trinajstić information content (AvgIpc) is 2.93. The summed E-state index contributed by atoms with van der Waals surface area (Å²) < 4.78 is 50.3. The minimum atomic E-state index is -3.63. The van der Waals surface area contributed by atoms with Gasteiger partial charge in [-0.05, 0) is 37.3 Å². The molecular weight excluding hydrogens is 399 g/mol. The number of aromatic nitrogens is 1. The number of hydrogen-bond donors (Lipinski definition) is 0. The zero-order valence-electron chi connectivity index (χ0n) is 15.7. The molecule has 0 saturated carbocycles. The number of hydrogen-bond acceptors (Lipinski definition) is 6. The lowest BCUT2D eigenvalue weighted by molar-refractivity contribution is 0.101. The second kappa shape index (κ2) is 6.70. The van der Waals surface area contributed by atoms with Gasteiger partial charge in [-0.15, -0.1) is 0 Å². The Morgan fingerprint density at radius 1 is 1.28 bits per heavy atom. The number of fused-ring (bicyclic) bond motifs is 2. The molecule has 29 heavy (non-hydrogen) atoms. The fraction of sp³-hybridized carbons (Fsp3) is 0.200. The van der Waals surface area contributed by atoms with E-state index in [0.717, 1.165) is 10.6 Å². The molecule has 0 atom stereocenters. The van der Waals surface area contributed by atoms with Crippen LogP contribution in [0.2, 0.25) is 0 Å². The summed E-state index contributed by atoms with van der Waals surface area (Å²) in [5.41, 5.74) is 1.22. The molecule has 4 rings (SSSR count). The number of benzene rings is 1. The number of furan rings is 1. The van der Waals surface area contributed by atoms with Gasteiger partial charge >= 0.3 is 0 Å². The van der Waals surface area contributed by atoms with Crippen LogP contribution < -0.4 is 4.31 Å². The highest BCUT2D eigenvalue weighted by atomic mass is 32.2. The van der Waals surface area contributed by atoms with Gasteiger partial charge in [0.1, 0.15) is 23.9 Å². The zero-order chi connectivity index (χ0) is 20.9. The van der Waals surface area contributed by atoms with E-state index in [1.54, 1.807) is 6.07 Å². The summed E-state index contributed by atoms with van der Waals surface area (Å²) >= 11 is 0. The van der Waals surface area contributed by atoms with E-state index in [1.807, 2.05) is 0 Å². The number of ether oxygens (including phenoxy) is 1. The van der Waals surface area contributed by atoms with Crippen molar-refractivity contribution in [1.82, 2.24) is 4.98 Å². The largest absolute Gasteiger partial charge is 0.492 e. The molecule has 1 aliphatic heterocycles. The Kier molecular flexibility index (Phi) is 4.42. The van der Waals surface area contributed by atoms with Gasteiger partial charge in [0.05, 0.1) is 29.3 Å². The van der Waals surface area contributed by atoms with Crippen LogP contribution in [0.15, 0.2) is 41.3 Å². The molecule has 0 saturated heterocycles. The predicted molar refractivity (Wildman–Crippen MR) is 107 cm³/mol. The van der Waals surface area contributed by atoms with Crippen LogP contribution in [0.25, 0.3) is 28.2 Å². The van der Waals surface area contributed by atoms with Crippen molar-refractivity contribution < 1.29 is 26.8 Å². The van der Waals surface area contributed by atoms with Gasteiger partial charge in [-0.2, -0.15) is 4.98 Å². The van der Waals surface area contributed by atoms with Crippen LogP contribution in [0.5, 0.6) is 0 Å². The Labute approximate surface area is 166 Å². The van der Waals surface area contributed by atoms with Gasteiger partial charge in [0.15, 0.2) is 11.6 Å². The number of carbonyl (C=O) groups excluding carboxylic acids is 1. The summed E-state index contributed by atoms with van der Waals surface area (Å²) in [6, 6.07) is 7.10. The molecule has 3 heterocycles. The fourth-order valence-corrected chi connectivity index (χ4v) is 4.18. The number of Topliss-reactive ketones (excluding diaryl/α,β-unsaturated/α-hetero) is 1. The molecule has 0 unspecified atom stereocenters. The molecule has 150 valence electrons. The quantitative estimate of drug-likeness (QED) is 0.606. The van der Waals surface area contributed by atoms with E-state index in [4.69, 9.17) is 9.15 Å². The SMILES string of the molecule is C=C1OCCN(S(C)(=O)=O)c2nc3oc(-c4ccc(F)cc4)c(C(C)=O)c3cc21. The molecule has 0 bridgehead atoms. The standard InChI is InChI=1S/C20H17FN2O5S/c1-11(24)17-16-10-15-12(2)27-9-8-23(29(3,25)26)19(15)22-20(16)28-18(17)13-4-6-14(21)7-5-13/h4-7,10H,2,8-9H2,1,3H3. The van der Waals surface area contributed by atoms with Crippen molar-refractivity contribution in [3.8, 4) is 11.3 Å². The molecular formula is C20H17FN2O5S. The lowest BCUT2D eigenvalue weighted by Gasteiger charge is -2.19. The first-order valence-electron chi connectivity index (χ1n) is 8.71. The van der Waals surface area contributed by atoms with Crippen molar-refractivity contribution in [3.05, 3.63) is 53.9 Å². The van der Waals surface area contributed by atoms with Gasteiger partial charge in [0.25, 0.3) is 0 Å². The van der Waals surface area contributed by atoms with Crippen molar-refractivity contribution >= 4 is 38.5 Å². The minimum absolute atomic E-state index is 0.0639. The first-order valence-corrected chi connectivity index (χ1v) is 10.6. The molecule has 0 aliphatic carbocycles. The molecule has 0 spiro atoms. The maximum absolute atomic E-state index is 13.3. The second-order valence-corrected chi connectivity index (χ2v) is 8.60. The second-order valence-electron chi connectivity index (χ2n) is 6.69. The number of ketones is 1. The summed E-state index contributed by atoms with van der Waals surface area (Å²) in [6.07, 6.45) is 1.07. The number of pyridine rings is 1. The zero-order valence-corrected chi connectivity index (χ0v) is 16.5. The van der Waals surface area contributed by atoms with Gasteiger partial charge in [-0.3, -0.25) is 4.79 Å². The third-order valence-electron chi connectivity index (χ3n) is 4.63. The highest BCUT2D eigenvalue weighted by Gasteiger charge is 2.30. The molecule has 2 aromatic heterocycles. The molecule has 3 aromatic rings. The Balaban J connectivity index is 2.03. The molecule has 1 aliphatic rings. The summed E-state index contributed by atoms with van der Waals surface area (Å²) in [6.45, 7) is 5.41. The number of rotatable bonds is 3. The van der Waals surface area contributed by atoms with Gasteiger partial charge in [0, 0.05) is 5.56 Å². The van der Waals surface area contributed by atoms with Crippen molar-refractivity contribution in [1.29, 1.82) is 0 Å². The predicted octanol–water partition coefficient (Wildman–Crippen LogP) is 3.60. The van der Waals surface area contributed by atoms with Crippen LogP contribution in [-0.2, 0) is 14.8 Å². The lowest BCUT2D eigenvalue weighted by atomic mass is 10.0. The van der Waals surface area contributed by atoms with Crippen molar-refractivity contribution in [3.63, 3.8) is 0 Å². The maximum atomic E-state index is 13.3. The fourth-order valence-electron chi connectivity index (χ4n) is 3.32. The highest BCUT2D eigenvalue weighted by molar-refractivity contribution is 7.92. The number of sulfonamides is 1. The van der Waals surface area contributed by atoms with Crippen LogP contribution >= 0.6 is 0 Å². The van der Waals surface area contributed by atoms with E-state index in [0.29, 0.717) is 16.5 Å². The van der Waals surface area contributed by atoms with Crippen LogP contribution in [0, 0.1) is 5.82 Å². The number of carbonyl (C=O) groups is 1. The third-order valence-corrected chi connectivity index (χ3v) is 5.78. The lowest BCUT2D eigenvalue weighted by Crippen LogP contribution is -2.32. The van der Waals surface area contributed by atoms with E-state index in [1.165, 1.54) is 31.2 Å². The number of halogens is 1. The van der Waals surface area contributed by atoms with Crippen molar-refractivity contribution in [2.45, 2.75) is 6.92 Å². The van der Waals surface area contributed by atoms with E-state index in [-0.39, 0.29) is 47.5 Å². The molecule has 0 radical (unpaired) electrons. The van der Waals surface area contributed by atoms with Crippen molar-refractivity contribution in [2.24, 2.45) is 0 Å². The van der Waals surface area contributed by atoms with Crippen LogP contribution in [0.3, 0.4) is 0 Å². The summed E-state index contributed by atoms with van der Waals surface area (Å²) in [4.78, 5) is 16.8. The number of anilines is 1. The molecule has 0 fully saturated rings. The number of nitrogens with zero attached hydrogens (tertiary/aromatic N) is 2. The smallest absolute Gasteiger partial charge is 0.233 e. The molecule has 7 nitrogen and oxygen atoms in total. The van der Waals surface area contributed by atoms with Gasteiger partial charge in [0.2, 0.25) is 15.7 Å². The van der Waals surface area contributed by atoms with Crippen LogP contribution in [0.4, 0.5) is 10.2 Å². The van der Waals surface area contributed by atoms with E-state index < -0.39 is 15.8 Å². The topological polar surface area (TPSA) is 89.7 Å². The van der Waals surface area contributed by atoms with Crippen LogP contribution in [-0.4, -0.2) is 38.6 Å². The molecule has 0 N–H and O–H groups in total. The Morgan fingerprint density at radius 2 is 1.97 bits per heavy atom. The highest BCUT2D eigenvalue weighted by Crippen LogP contribution is 2.38. The van der Waals surface area contributed by atoms with Crippen molar-refractivity contribution in [2.75, 3.05) is 23.7 Å². The van der Waals surface area contributed by atoms with E-state index in [9.17, 15) is 17.6 Å². The van der Waals surface area contributed by atoms with E-state index in [2.05, 4.69) is 11.6 Å². The minimum Gasteiger partial charge on any atom is -0.492 e.